The van der Waals surface area contributed by atoms with Crippen molar-refractivity contribution in [3.05, 3.63) is 29.8 Å². The summed E-state index contributed by atoms with van der Waals surface area (Å²) in [5.41, 5.74) is 2.57. The van der Waals surface area contributed by atoms with E-state index in [-0.39, 0.29) is 6.61 Å². The van der Waals surface area contributed by atoms with Crippen molar-refractivity contribution < 1.29 is 5.11 Å². The standard InChI is InChI=1S/C13H21NO/c1-4-14(9-11(2)10-15)13-8-6-5-7-12(13)3/h5-8,11,15H,4,9-10H2,1-3H3. The molecule has 84 valence electrons. The average molecular weight is 207 g/mol. The molecule has 1 aromatic rings. The van der Waals surface area contributed by atoms with Crippen LogP contribution in [-0.4, -0.2) is 24.8 Å². The minimum atomic E-state index is 0.252. The van der Waals surface area contributed by atoms with Crippen molar-refractivity contribution in [2.45, 2.75) is 20.8 Å². The van der Waals surface area contributed by atoms with E-state index < -0.39 is 0 Å². The first-order chi connectivity index (χ1) is 7.19. The third-order valence-electron chi connectivity index (χ3n) is 2.68. The van der Waals surface area contributed by atoms with Gasteiger partial charge in [0.15, 0.2) is 0 Å². The van der Waals surface area contributed by atoms with Crippen LogP contribution < -0.4 is 4.90 Å². The third kappa shape index (κ3) is 3.24. The molecule has 0 heterocycles. The van der Waals surface area contributed by atoms with Gasteiger partial charge in [0.1, 0.15) is 0 Å². The largest absolute Gasteiger partial charge is 0.396 e. The van der Waals surface area contributed by atoms with Gasteiger partial charge in [-0.25, -0.2) is 0 Å². The molecule has 0 spiro atoms. The smallest absolute Gasteiger partial charge is 0.0473 e. The summed E-state index contributed by atoms with van der Waals surface area (Å²) in [7, 11) is 0. The molecular weight excluding hydrogens is 186 g/mol. The first-order valence-corrected chi connectivity index (χ1v) is 5.60. The van der Waals surface area contributed by atoms with Gasteiger partial charge in [0.25, 0.3) is 0 Å². The van der Waals surface area contributed by atoms with Crippen LogP contribution in [0, 0.1) is 12.8 Å². The zero-order valence-electron chi connectivity index (χ0n) is 9.90. The number of aliphatic hydroxyl groups excluding tert-OH is 1. The van der Waals surface area contributed by atoms with E-state index in [2.05, 4.69) is 49.9 Å². The normalized spacial score (nSPS) is 12.5. The van der Waals surface area contributed by atoms with Gasteiger partial charge in [-0.05, 0) is 31.4 Å². The van der Waals surface area contributed by atoms with Crippen LogP contribution in [0.25, 0.3) is 0 Å². The molecule has 0 aliphatic rings. The quantitative estimate of drug-likeness (QED) is 0.801. The van der Waals surface area contributed by atoms with Gasteiger partial charge >= 0.3 is 0 Å². The van der Waals surface area contributed by atoms with Crippen LogP contribution in [0.4, 0.5) is 5.69 Å². The Balaban J connectivity index is 2.78. The lowest BCUT2D eigenvalue weighted by atomic mass is 10.1. The molecule has 1 atom stereocenters. The first-order valence-electron chi connectivity index (χ1n) is 5.60. The van der Waals surface area contributed by atoms with Crippen LogP contribution in [0.15, 0.2) is 24.3 Å². The second kappa shape index (κ2) is 5.76. The molecule has 0 aliphatic heterocycles. The SMILES string of the molecule is CCN(CC(C)CO)c1ccccc1C. The molecule has 1 N–H and O–H groups in total. The van der Waals surface area contributed by atoms with Crippen molar-refractivity contribution in [2.75, 3.05) is 24.6 Å². The molecule has 0 saturated heterocycles. The second-order valence-corrected chi connectivity index (χ2v) is 4.11. The minimum Gasteiger partial charge on any atom is -0.396 e. The van der Waals surface area contributed by atoms with E-state index in [0.29, 0.717) is 5.92 Å². The zero-order chi connectivity index (χ0) is 11.3. The maximum Gasteiger partial charge on any atom is 0.0473 e. The second-order valence-electron chi connectivity index (χ2n) is 4.11. The predicted molar refractivity (Wildman–Crippen MR) is 65.3 cm³/mol. The summed E-state index contributed by atoms with van der Waals surface area (Å²) in [5, 5.41) is 9.07. The van der Waals surface area contributed by atoms with Crippen molar-refractivity contribution in [3.63, 3.8) is 0 Å². The van der Waals surface area contributed by atoms with Crippen molar-refractivity contribution in [3.8, 4) is 0 Å². The highest BCUT2D eigenvalue weighted by Gasteiger charge is 2.10. The van der Waals surface area contributed by atoms with Crippen LogP contribution >= 0.6 is 0 Å². The average Bonchev–Trinajstić information content (AvgIpc) is 2.26. The summed E-state index contributed by atoms with van der Waals surface area (Å²) < 4.78 is 0. The number of anilines is 1. The van der Waals surface area contributed by atoms with Gasteiger partial charge in [-0.1, -0.05) is 25.1 Å². The highest BCUT2D eigenvalue weighted by molar-refractivity contribution is 5.52. The van der Waals surface area contributed by atoms with Gasteiger partial charge in [0.05, 0.1) is 0 Å². The van der Waals surface area contributed by atoms with Crippen LogP contribution in [0.3, 0.4) is 0 Å². The monoisotopic (exact) mass is 207 g/mol. The summed E-state index contributed by atoms with van der Waals surface area (Å²) in [6.45, 7) is 8.49. The van der Waals surface area contributed by atoms with E-state index in [1.165, 1.54) is 11.3 Å². The Morgan fingerprint density at radius 1 is 1.33 bits per heavy atom. The summed E-state index contributed by atoms with van der Waals surface area (Å²) in [4.78, 5) is 2.32. The van der Waals surface area contributed by atoms with Gasteiger partial charge in [0, 0.05) is 25.4 Å². The van der Waals surface area contributed by atoms with Gasteiger partial charge in [0.2, 0.25) is 0 Å². The molecule has 0 bridgehead atoms. The van der Waals surface area contributed by atoms with Crippen molar-refractivity contribution in [1.82, 2.24) is 0 Å². The molecule has 1 aromatic carbocycles. The van der Waals surface area contributed by atoms with Crippen LogP contribution in [0.5, 0.6) is 0 Å². The number of nitrogens with zero attached hydrogens (tertiary/aromatic N) is 1. The molecule has 0 saturated carbocycles. The fourth-order valence-corrected chi connectivity index (χ4v) is 1.75. The van der Waals surface area contributed by atoms with E-state index >= 15 is 0 Å². The fourth-order valence-electron chi connectivity index (χ4n) is 1.75. The molecule has 0 fully saturated rings. The molecule has 2 heteroatoms. The fraction of sp³-hybridized carbons (Fsp3) is 0.538. The summed E-state index contributed by atoms with van der Waals surface area (Å²) in [6.07, 6.45) is 0. The van der Waals surface area contributed by atoms with Gasteiger partial charge in [-0.2, -0.15) is 0 Å². The Morgan fingerprint density at radius 2 is 2.00 bits per heavy atom. The van der Waals surface area contributed by atoms with Gasteiger partial charge in [-0.3, -0.25) is 0 Å². The number of rotatable bonds is 5. The molecule has 0 aromatic heterocycles. The van der Waals surface area contributed by atoms with Crippen molar-refractivity contribution >= 4 is 5.69 Å². The Kier molecular flexibility index (Phi) is 4.63. The highest BCUT2D eigenvalue weighted by atomic mass is 16.3. The molecule has 1 rings (SSSR count). The molecule has 1 unspecified atom stereocenters. The number of hydrogen-bond donors (Lipinski definition) is 1. The zero-order valence-corrected chi connectivity index (χ0v) is 9.90. The number of para-hydroxylation sites is 1. The maximum absolute atomic E-state index is 9.07. The first kappa shape index (κ1) is 12.1. The molecular formula is C13H21NO. The lowest BCUT2D eigenvalue weighted by molar-refractivity contribution is 0.239. The van der Waals surface area contributed by atoms with Crippen molar-refractivity contribution in [2.24, 2.45) is 5.92 Å². The highest BCUT2D eigenvalue weighted by Crippen LogP contribution is 2.19. The molecule has 0 aliphatic carbocycles. The number of benzene rings is 1. The predicted octanol–water partition coefficient (Wildman–Crippen LogP) is 2.45. The Hall–Kier alpha value is -1.02. The Morgan fingerprint density at radius 3 is 2.53 bits per heavy atom. The summed E-state index contributed by atoms with van der Waals surface area (Å²) in [5.74, 6) is 0.324. The third-order valence-corrected chi connectivity index (χ3v) is 2.68. The van der Waals surface area contributed by atoms with Crippen molar-refractivity contribution in [1.29, 1.82) is 0 Å². The van der Waals surface area contributed by atoms with E-state index in [9.17, 15) is 0 Å². The molecule has 15 heavy (non-hydrogen) atoms. The maximum atomic E-state index is 9.07. The van der Waals surface area contributed by atoms with E-state index in [4.69, 9.17) is 5.11 Å². The topological polar surface area (TPSA) is 23.5 Å². The van der Waals surface area contributed by atoms with Crippen LogP contribution in [0.2, 0.25) is 0 Å². The van der Waals surface area contributed by atoms with E-state index in [0.717, 1.165) is 13.1 Å². The molecule has 0 radical (unpaired) electrons. The number of aryl methyl sites for hydroxylation is 1. The van der Waals surface area contributed by atoms with Gasteiger partial charge < -0.3 is 10.0 Å². The number of hydrogen-bond acceptors (Lipinski definition) is 2. The molecule has 2 nitrogen and oxygen atoms in total. The van der Waals surface area contributed by atoms with Crippen LogP contribution in [0.1, 0.15) is 19.4 Å². The van der Waals surface area contributed by atoms with Gasteiger partial charge in [-0.15, -0.1) is 0 Å². The summed E-state index contributed by atoms with van der Waals surface area (Å²) >= 11 is 0. The lowest BCUT2D eigenvalue weighted by Crippen LogP contribution is -2.30. The Bertz CT molecular complexity index is 298. The Labute approximate surface area is 92.5 Å². The molecule has 0 amide bonds. The minimum absolute atomic E-state index is 0.252. The lowest BCUT2D eigenvalue weighted by Gasteiger charge is -2.27. The van der Waals surface area contributed by atoms with Crippen LogP contribution in [-0.2, 0) is 0 Å². The van der Waals surface area contributed by atoms with E-state index in [1.54, 1.807) is 0 Å². The van der Waals surface area contributed by atoms with E-state index in [1.807, 2.05) is 0 Å². The number of aliphatic hydroxyl groups is 1. The summed E-state index contributed by atoms with van der Waals surface area (Å²) in [6, 6.07) is 8.39.